The quantitative estimate of drug-likeness (QED) is 0.757. The molecular weight excluding hydrogens is 370 g/mol. The molecule has 0 fully saturated rings. The van der Waals surface area contributed by atoms with Crippen LogP contribution < -0.4 is 14.9 Å². The Labute approximate surface area is 157 Å². The average molecular weight is 389 g/mol. The van der Waals surface area contributed by atoms with Crippen molar-refractivity contribution >= 4 is 21.8 Å². The van der Waals surface area contributed by atoms with Gasteiger partial charge < -0.3 is 10.1 Å². The molecule has 27 heavy (non-hydrogen) atoms. The first-order valence-corrected chi connectivity index (χ1v) is 9.72. The van der Waals surface area contributed by atoms with Crippen LogP contribution in [0.15, 0.2) is 53.4 Å². The minimum absolute atomic E-state index is 0.0438. The Kier molecular flexibility index (Phi) is 5.43. The molecule has 142 valence electrons. The second-order valence-electron chi connectivity index (χ2n) is 5.93. The normalized spacial score (nSPS) is 15.1. The van der Waals surface area contributed by atoms with Crippen LogP contribution >= 0.6 is 0 Å². The molecule has 1 aliphatic rings. The van der Waals surface area contributed by atoms with E-state index in [9.17, 15) is 18.0 Å². The monoisotopic (exact) mass is 389 g/mol. The fourth-order valence-corrected chi connectivity index (χ4v) is 3.94. The van der Waals surface area contributed by atoms with Crippen LogP contribution in [-0.2, 0) is 21.2 Å². The summed E-state index contributed by atoms with van der Waals surface area (Å²) in [4.78, 5) is 26.6. The molecule has 9 heteroatoms. The number of methoxy groups -OCH3 is 1. The van der Waals surface area contributed by atoms with Gasteiger partial charge in [0.1, 0.15) is 12.3 Å². The van der Waals surface area contributed by atoms with Crippen LogP contribution in [0, 0.1) is 0 Å². The number of benzene rings is 2. The number of amides is 2. The Hall–Kier alpha value is -2.91. The van der Waals surface area contributed by atoms with Crippen molar-refractivity contribution in [3.05, 3.63) is 59.7 Å². The minimum atomic E-state index is -3.88. The maximum atomic E-state index is 12.4. The molecule has 1 aliphatic heterocycles. The zero-order chi connectivity index (χ0) is 19.4. The molecule has 0 aromatic heterocycles. The Morgan fingerprint density at radius 1 is 1.15 bits per heavy atom. The van der Waals surface area contributed by atoms with E-state index in [1.165, 1.54) is 18.2 Å². The van der Waals surface area contributed by atoms with Crippen LogP contribution in [0.25, 0.3) is 0 Å². The molecule has 0 aliphatic carbocycles. The van der Waals surface area contributed by atoms with E-state index in [-0.39, 0.29) is 10.5 Å². The number of carbonyl (C=O) groups is 2. The zero-order valence-corrected chi connectivity index (χ0v) is 15.5. The highest BCUT2D eigenvalue weighted by Crippen LogP contribution is 2.21. The number of nitrogens with zero attached hydrogens (tertiary/aromatic N) is 1. The van der Waals surface area contributed by atoms with Crippen molar-refractivity contribution in [2.45, 2.75) is 11.3 Å². The molecule has 0 saturated carbocycles. The van der Waals surface area contributed by atoms with Gasteiger partial charge in [-0.3, -0.25) is 14.6 Å². The summed E-state index contributed by atoms with van der Waals surface area (Å²) in [5.41, 5.74) is 1.06. The van der Waals surface area contributed by atoms with E-state index in [0.29, 0.717) is 13.0 Å². The smallest absolute Gasteiger partial charge is 0.270 e. The average Bonchev–Trinajstić information content (AvgIpc) is 2.66. The largest absolute Gasteiger partial charge is 0.497 e. The van der Waals surface area contributed by atoms with Crippen molar-refractivity contribution in [3.8, 4) is 5.75 Å². The fourth-order valence-electron chi connectivity index (χ4n) is 2.70. The van der Waals surface area contributed by atoms with Gasteiger partial charge in [-0.2, -0.15) is 0 Å². The summed E-state index contributed by atoms with van der Waals surface area (Å²) in [6.07, 6.45) is 0.595. The third-order valence-electron chi connectivity index (χ3n) is 4.08. The molecule has 0 unspecified atom stereocenters. The van der Waals surface area contributed by atoms with Gasteiger partial charge in [0.25, 0.3) is 15.9 Å². The predicted molar refractivity (Wildman–Crippen MR) is 97.5 cm³/mol. The molecule has 0 radical (unpaired) electrons. The molecular formula is C18H19N3O5S. The van der Waals surface area contributed by atoms with Gasteiger partial charge in [-0.05, 0) is 36.2 Å². The van der Waals surface area contributed by atoms with Crippen LogP contribution in [0.1, 0.15) is 15.9 Å². The van der Waals surface area contributed by atoms with Crippen LogP contribution in [0.5, 0.6) is 5.75 Å². The number of ether oxygens (including phenoxy) is 1. The highest BCUT2D eigenvalue weighted by atomic mass is 32.2. The molecule has 0 saturated heterocycles. The molecule has 0 spiro atoms. The number of nitrogens with one attached hydrogen (secondary N) is 2. The molecule has 2 N–H and O–H groups in total. The number of carbonyl (C=O) groups excluding carboxylic acids is 2. The Bertz CT molecular complexity index is 957. The minimum Gasteiger partial charge on any atom is -0.497 e. The van der Waals surface area contributed by atoms with Crippen molar-refractivity contribution in [1.29, 1.82) is 0 Å². The van der Waals surface area contributed by atoms with Crippen LogP contribution in [0.3, 0.4) is 0 Å². The van der Waals surface area contributed by atoms with E-state index in [1.54, 1.807) is 13.2 Å². The lowest BCUT2D eigenvalue weighted by molar-refractivity contribution is -0.122. The van der Waals surface area contributed by atoms with E-state index in [1.807, 2.05) is 24.3 Å². The molecule has 2 amide bonds. The highest BCUT2D eigenvalue weighted by molar-refractivity contribution is 7.89. The number of hydrazine groups is 1. The first kappa shape index (κ1) is 18.9. The summed E-state index contributed by atoms with van der Waals surface area (Å²) in [6, 6.07) is 13.3. The maximum Gasteiger partial charge on any atom is 0.270 e. The molecule has 1 heterocycles. The van der Waals surface area contributed by atoms with Gasteiger partial charge in [-0.1, -0.05) is 24.3 Å². The number of fused-ring (bicyclic) bond motifs is 1. The lowest BCUT2D eigenvalue weighted by Gasteiger charge is -2.28. The number of hydrogen-bond donors (Lipinski definition) is 2. The van der Waals surface area contributed by atoms with Crippen LogP contribution in [0.4, 0.5) is 0 Å². The van der Waals surface area contributed by atoms with Gasteiger partial charge in [0.2, 0.25) is 5.91 Å². The molecule has 3 rings (SSSR count). The third kappa shape index (κ3) is 4.26. The predicted octanol–water partition coefficient (Wildman–Crippen LogP) is 0.703. The van der Waals surface area contributed by atoms with E-state index < -0.39 is 28.4 Å². The lowest BCUT2D eigenvalue weighted by atomic mass is 10.1. The van der Waals surface area contributed by atoms with Crippen LogP contribution in [-0.4, -0.2) is 45.4 Å². The Morgan fingerprint density at radius 3 is 2.56 bits per heavy atom. The molecule has 0 bridgehead atoms. The summed E-state index contributed by atoms with van der Waals surface area (Å²) in [5.74, 6) is -0.274. The number of sulfonamides is 1. The molecule has 0 atom stereocenters. The Morgan fingerprint density at radius 2 is 1.85 bits per heavy atom. The van der Waals surface area contributed by atoms with Crippen molar-refractivity contribution in [1.82, 2.24) is 15.2 Å². The lowest BCUT2D eigenvalue weighted by Crippen LogP contribution is -2.53. The second kappa shape index (κ2) is 7.77. The van der Waals surface area contributed by atoms with E-state index in [0.717, 1.165) is 16.3 Å². The van der Waals surface area contributed by atoms with Gasteiger partial charge in [-0.15, -0.1) is 4.83 Å². The van der Waals surface area contributed by atoms with Crippen molar-refractivity contribution in [3.63, 3.8) is 0 Å². The Balaban J connectivity index is 1.57. The fraction of sp³-hybridized carbons (Fsp3) is 0.222. The second-order valence-corrected chi connectivity index (χ2v) is 7.56. The van der Waals surface area contributed by atoms with Crippen LogP contribution in [0.2, 0.25) is 0 Å². The highest BCUT2D eigenvalue weighted by Gasteiger charge is 2.34. The van der Waals surface area contributed by atoms with Gasteiger partial charge in [0.15, 0.2) is 0 Å². The van der Waals surface area contributed by atoms with Gasteiger partial charge in [0.05, 0.1) is 17.6 Å². The summed E-state index contributed by atoms with van der Waals surface area (Å²) < 4.78 is 29.5. The SMILES string of the molecule is COc1ccc(CCNC(=O)CN2NS(=O)(=O)c3ccccc3C2=O)cc1. The van der Waals surface area contributed by atoms with E-state index in [4.69, 9.17) is 4.74 Å². The topological polar surface area (TPSA) is 105 Å². The van der Waals surface area contributed by atoms with Gasteiger partial charge >= 0.3 is 0 Å². The van der Waals surface area contributed by atoms with Crippen molar-refractivity contribution in [2.24, 2.45) is 0 Å². The van der Waals surface area contributed by atoms with Gasteiger partial charge in [-0.25, -0.2) is 8.42 Å². The first-order chi connectivity index (χ1) is 12.9. The maximum absolute atomic E-state index is 12.4. The third-order valence-corrected chi connectivity index (χ3v) is 5.47. The molecule has 2 aromatic rings. The first-order valence-electron chi connectivity index (χ1n) is 8.24. The number of hydrogen-bond acceptors (Lipinski definition) is 5. The molecule has 8 nitrogen and oxygen atoms in total. The summed E-state index contributed by atoms with van der Waals surface area (Å²) >= 11 is 0. The van der Waals surface area contributed by atoms with E-state index >= 15 is 0 Å². The zero-order valence-electron chi connectivity index (χ0n) is 14.6. The standard InChI is InChI=1S/C18H19N3O5S/c1-26-14-8-6-13(7-9-14)10-11-19-17(22)12-21-18(23)15-4-2-3-5-16(15)27(24,25)20-21/h2-9,20H,10-12H2,1H3,(H,19,22). The molecule has 2 aromatic carbocycles. The summed E-state index contributed by atoms with van der Waals surface area (Å²) in [5, 5.41) is 3.49. The van der Waals surface area contributed by atoms with Gasteiger partial charge in [0, 0.05) is 6.54 Å². The van der Waals surface area contributed by atoms with E-state index in [2.05, 4.69) is 10.1 Å². The summed E-state index contributed by atoms with van der Waals surface area (Å²) in [6.45, 7) is -0.0501. The number of rotatable bonds is 6. The van der Waals surface area contributed by atoms with Crippen molar-refractivity contribution < 1.29 is 22.7 Å². The van der Waals surface area contributed by atoms with Crippen molar-refractivity contribution in [2.75, 3.05) is 20.2 Å². The summed E-state index contributed by atoms with van der Waals surface area (Å²) in [7, 11) is -2.29.